The summed E-state index contributed by atoms with van der Waals surface area (Å²) in [6.07, 6.45) is 0. The van der Waals surface area contributed by atoms with Crippen LogP contribution in [0.15, 0.2) is 18.2 Å². The maximum absolute atomic E-state index is 6.01. The van der Waals surface area contributed by atoms with E-state index in [0.29, 0.717) is 10.9 Å². The molecular weight excluding hydrogens is 252 g/mol. The van der Waals surface area contributed by atoms with Crippen molar-refractivity contribution in [1.29, 1.82) is 0 Å². The van der Waals surface area contributed by atoms with E-state index in [0.717, 1.165) is 18.0 Å². The van der Waals surface area contributed by atoms with Crippen molar-refractivity contribution in [2.24, 2.45) is 0 Å². The predicted molar refractivity (Wildman–Crippen MR) is 79.5 cm³/mol. The number of ether oxygens (including phenoxy) is 1. The molecule has 1 saturated heterocycles. The van der Waals surface area contributed by atoms with Gasteiger partial charge in [-0.2, -0.15) is 23.5 Å². The Morgan fingerprint density at radius 1 is 1.47 bits per heavy atom. The van der Waals surface area contributed by atoms with Gasteiger partial charge in [-0.25, -0.2) is 0 Å². The Morgan fingerprint density at radius 3 is 3.06 bits per heavy atom. The van der Waals surface area contributed by atoms with E-state index in [1.807, 2.05) is 41.7 Å². The number of nitrogens with two attached hydrogens (primary N) is 1. The van der Waals surface area contributed by atoms with E-state index >= 15 is 0 Å². The van der Waals surface area contributed by atoms with Gasteiger partial charge >= 0.3 is 0 Å². The molecule has 0 aliphatic carbocycles. The molecule has 0 radical (unpaired) electrons. The van der Waals surface area contributed by atoms with Gasteiger partial charge < -0.3 is 15.8 Å². The first kappa shape index (κ1) is 12.8. The first-order valence-corrected chi connectivity index (χ1v) is 7.87. The first-order chi connectivity index (χ1) is 8.31. The summed E-state index contributed by atoms with van der Waals surface area (Å²) in [5.74, 6) is 4.50. The number of benzene rings is 1. The van der Waals surface area contributed by atoms with Gasteiger partial charge in [-0.1, -0.05) is 6.07 Å². The molecule has 5 heteroatoms. The van der Waals surface area contributed by atoms with Crippen molar-refractivity contribution < 1.29 is 4.74 Å². The van der Waals surface area contributed by atoms with Gasteiger partial charge in [0, 0.05) is 29.1 Å². The van der Waals surface area contributed by atoms with Crippen LogP contribution in [0.2, 0.25) is 0 Å². The summed E-state index contributed by atoms with van der Waals surface area (Å²) >= 11 is 4.08. The van der Waals surface area contributed by atoms with E-state index in [4.69, 9.17) is 10.5 Å². The molecule has 1 atom stereocenters. The van der Waals surface area contributed by atoms with Crippen molar-refractivity contribution in [3.63, 3.8) is 0 Å². The van der Waals surface area contributed by atoms with Crippen LogP contribution in [0, 0.1) is 0 Å². The van der Waals surface area contributed by atoms with Crippen molar-refractivity contribution in [3.05, 3.63) is 18.2 Å². The lowest BCUT2D eigenvalue weighted by molar-refractivity contribution is 0.417. The number of rotatable bonds is 4. The van der Waals surface area contributed by atoms with Crippen molar-refractivity contribution in [1.82, 2.24) is 0 Å². The van der Waals surface area contributed by atoms with Crippen molar-refractivity contribution in [2.75, 3.05) is 42.0 Å². The van der Waals surface area contributed by atoms with Gasteiger partial charge in [-0.05, 0) is 12.1 Å². The second-order valence-corrected chi connectivity index (χ2v) is 6.43. The highest BCUT2D eigenvalue weighted by Crippen LogP contribution is 2.30. The van der Waals surface area contributed by atoms with Crippen LogP contribution in [0.25, 0.3) is 0 Å². The fraction of sp³-hybridized carbons (Fsp3) is 0.500. The van der Waals surface area contributed by atoms with Crippen molar-refractivity contribution in [3.8, 4) is 5.75 Å². The fourth-order valence-corrected chi connectivity index (χ4v) is 4.37. The molecule has 1 aliphatic rings. The largest absolute Gasteiger partial charge is 0.495 e. The Bertz CT molecular complexity index is 368. The zero-order valence-corrected chi connectivity index (χ0v) is 11.6. The molecule has 0 spiro atoms. The third-order valence-corrected chi connectivity index (χ3v) is 5.54. The summed E-state index contributed by atoms with van der Waals surface area (Å²) in [7, 11) is 1.64. The average Bonchev–Trinajstić information content (AvgIpc) is 2.39. The maximum Gasteiger partial charge on any atom is 0.143 e. The maximum atomic E-state index is 6.01. The molecule has 1 heterocycles. The molecule has 3 N–H and O–H groups in total. The summed E-state index contributed by atoms with van der Waals surface area (Å²) in [5, 5.41) is 4.10. The predicted octanol–water partition coefficient (Wildman–Crippen LogP) is 2.54. The smallest absolute Gasteiger partial charge is 0.143 e. The summed E-state index contributed by atoms with van der Waals surface area (Å²) in [5.41, 5.74) is 7.68. The second kappa shape index (κ2) is 6.31. The average molecular weight is 270 g/mol. The van der Waals surface area contributed by atoms with Crippen LogP contribution >= 0.6 is 23.5 Å². The molecule has 0 amide bonds. The molecule has 1 aromatic carbocycles. The van der Waals surface area contributed by atoms with Gasteiger partial charge in [0.15, 0.2) is 0 Å². The van der Waals surface area contributed by atoms with Gasteiger partial charge in [0.25, 0.3) is 0 Å². The third kappa shape index (κ3) is 3.39. The first-order valence-electron chi connectivity index (χ1n) is 5.67. The second-order valence-electron chi connectivity index (χ2n) is 3.87. The minimum atomic E-state index is 0.680. The molecule has 0 saturated carbocycles. The Labute approximate surface area is 111 Å². The molecule has 1 unspecified atom stereocenters. The summed E-state index contributed by atoms with van der Waals surface area (Å²) < 4.78 is 5.20. The van der Waals surface area contributed by atoms with Crippen LogP contribution in [0.4, 0.5) is 11.4 Å². The number of methoxy groups -OCH3 is 1. The minimum absolute atomic E-state index is 0.680. The topological polar surface area (TPSA) is 47.3 Å². The lowest BCUT2D eigenvalue weighted by atomic mass is 10.2. The van der Waals surface area contributed by atoms with Crippen LogP contribution in [-0.2, 0) is 0 Å². The number of hydrogen-bond acceptors (Lipinski definition) is 5. The molecule has 1 aliphatic heterocycles. The van der Waals surface area contributed by atoms with E-state index in [9.17, 15) is 0 Å². The number of anilines is 2. The van der Waals surface area contributed by atoms with E-state index in [-0.39, 0.29) is 0 Å². The van der Waals surface area contributed by atoms with Crippen LogP contribution in [-0.4, -0.2) is 36.2 Å². The SMILES string of the molecule is COc1cccc(NCC2CSCCS2)c1N. The fourth-order valence-electron chi connectivity index (χ4n) is 1.75. The standard InChI is InChI=1S/C12H18N2OS2/c1-15-11-4-2-3-10(12(11)13)14-7-9-8-16-5-6-17-9/h2-4,9,14H,5-8,13H2,1H3. The van der Waals surface area contributed by atoms with Gasteiger partial charge in [0.2, 0.25) is 0 Å². The molecular formula is C12H18N2OS2. The number of nitrogen functional groups attached to an aromatic ring is 1. The monoisotopic (exact) mass is 270 g/mol. The molecule has 17 heavy (non-hydrogen) atoms. The van der Waals surface area contributed by atoms with E-state index in [2.05, 4.69) is 5.32 Å². The van der Waals surface area contributed by atoms with Gasteiger partial charge in [-0.15, -0.1) is 0 Å². The summed E-state index contributed by atoms with van der Waals surface area (Å²) in [4.78, 5) is 0. The zero-order chi connectivity index (χ0) is 12.1. The molecule has 3 nitrogen and oxygen atoms in total. The van der Waals surface area contributed by atoms with E-state index < -0.39 is 0 Å². The Hall–Kier alpha value is -0.680. The summed E-state index contributed by atoms with van der Waals surface area (Å²) in [6.45, 7) is 0.967. The van der Waals surface area contributed by atoms with Crippen LogP contribution < -0.4 is 15.8 Å². The third-order valence-electron chi connectivity index (χ3n) is 2.69. The van der Waals surface area contributed by atoms with Gasteiger partial charge in [0.1, 0.15) is 5.75 Å². The highest BCUT2D eigenvalue weighted by atomic mass is 32.2. The molecule has 1 aromatic rings. The minimum Gasteiger partial charge on any atom is -0.495 e. The molecule has 2 rings (SSSR count). The zero-order valence-electron chi connectivity index (χ0n) is 9.94. The van der Waals surface area contributed by atoms with E-state index in [1.165, 1.54) is 17.3 Å². The Morgan fingerprint density at radius 2 is 2.35 bits per heavy atom. The van der Waals surface area contributed by atoms with Gasteiger partial charge in [-0.3, -0.25) is 0 Å². The van der Waals surface area contributed by atoms with Crippen LogP contribution in [0.1, 0.15) is 0 Å². The highest BCUT2D eigenvalue weighted by molar-refractivity contribution is 8.06. The molecule has 0 bridgehead atoms. The summed E-state index contributed by atoms with van der Waals surface area (Å²) in [6, 6.07) is 5.84. The lowest BCUT2D eigenvalue weighted by Crippen LogP contribution is -2.23. The normalized spacial score (nSPS) is 19.9. The van der Waals surface area contributed by atoms with Crippen LogP contribution in [0.5, 0.6) is 5.75 Å². The number of thioether (sulfide) groups is 2. The van der Waals surface area contributed by atoms with Gasteiger partial charge in [0.05, 0.1) is 18.5 Å². The van der Waals surface area contributed by atoms with Crippen LogP contribution in [0.3, 0.4) is 0 Å². The lowest BCUT2D eigenvalue weighted by Gasteiger charge is -2.22. The van der Waals surface area contributed by atoms with Crippen molar-refractivity contribution in [2.45, 2.75) is 5.25 Å². The molecule has 94 valence electrons. The molecule has 1 fully saturated rings. The Kier molecular flexibility index (Phi) is 4.74. The Balaban J connectivity index is 1.93. The number of para-hydroxylation sites is 1. The van der Waals surface area contributed by atoms with E-state index in [1.54, 1.807) is 7.11 Å². The molecule has 0 aromatic heterocycles. The quantitative estimate of drug-likeness (QED) is 0.823. The number of nitrogens with one attached hydrogen (secondary N) is 1. The number of hydrogen-bond donors (Lipinski definition) is 2. The highest BCUT2D eigenvalue weighted by Gasteiger charge is 2.14. The van der Waals surface area contributed by atoms with Crippen molar-refractivity contribution >= 4 is 34.9 Å².